The Morgan fingerprint density at radius 3 is 2.30 bits per heavy atom. The van der Waals surface area contributed by atoms with Gasteiger partial charge in [-0.05, 0) is 54.8 Å². The molecule has 0 bridgehead atoms. The van der Waals surface area contributed by atoms with E-state index in [0.717, 1.165) is 24.8 Å². The molecule has 30 heavy (non-hydrogen) atoms. The number of piperidine rings is 1. The van der Waals surface area contributed by atoms with Crippen LogP contribution in [0.2, 0.25) is 0 Å². The van der Waals surface area contributed by atoms with Crippen molar-refractivity contribution in [3.8, 4) is 0 Å². The van der Waals surface area contributed by atoms with Crippen molar-refractivity contribution in [1.29, 1.82) is 0 Å². The van der Waals surface area contributed by atoms with Gasteiger partial charge in [0.2, 0.25) is 10.0 Å². The fourth-order valence-electron chi connectivity index (χ4n) is 3.52. The van der Waals surface area contributed by atoms with Crippen LogP contribution < -0.4 is 5.32 Å². The molecule has 4 rings (SSSR count). The summed E-state index contributed by atoms with van der Waals surface area (Å²) in [6, 6.07) is 13.7. The van der Waals surface area contributed by atoms with Crippen molar-refractivity contribution in [3.05, 3.63) is 78.4 Å². The lowest BCUT2D eigenvalue weighted by atomic mass is 10.1. The maximum atomic E-state index is 12.7. The highest BCUT2D eigenvalue weighted by atomic mass is 32.2. The molecule has 1 N–H and O–H groups in total. The molecule has 0 radical (unpaired) electrons. The van der Waals surface area contributed by atoms with E-state index in [1.165, 1.54) is 4.31 Å². The number of sulfonamides is 1. The van der Waals surface area contributed by atoms with E-state index in [9.17, 15) is 13.2 Å². The zero-order valence-corrected chi connectivity index (χ0v) is 17.4. The smallest absolute Gasteiger partial charge is 0.255 e. The molecule has 2 heterocycles. The van der Waals surface area contributed by atoms with E-state index >= 15 is 0 Å². The maximum absolute atomic E-state index is 12.7. The largest absolute Gasteiger partial charge is 0.333 e. The van der Waals surface area contributed by atoms with Gasteiger partial charge in [-0.2, -0.15) is 4.31 Å². The van der Waals surface area contributed by atoms with Crippen molar-refractivity contribution in [2.75, 3.05) is 18.4 Å². The summed E-state index contributed by atoms with van der Waals surface area (Å²) in [5.41, 5.74) is 2.16. The summed E-state index contributed by atoms with van der Waals surface area (Å²) in [6.07, 6.45) is 8.22. The quantitative estimate of drug-likeness (QED) is 0.658. The molecule has 0 spiro atoms. The molecule has 7 nitrogen and oxygen atoms in total. The van der Waals surface area contributed by atoms with Gasteiger partial charge in [0.25, 0.3) is 5.91 Å². The molecule has 1 saturated heterocycles. The molecule has 2 aromatic carbocycles. The van der Waals surface area contributed by atoms with Crippen LogP contribution in [-0.4, -0.2) is 41.3 Å². The Morgan fingerprint density at radius 2 is 1.67 bits per heavy atom. The summed E-state index contributed by atoms with van der Waals surface area (Å²) >= 11 is 0. The molecule has 3 aromatic rings. The average molecular weight is 425 g/mol. The van der Waals surface area contributed by atoms with Crippen LogP contribution in [0.1, 0.15) is 35.2 Å². The molecule has 156 valence electrons. The van der Waals surface area contributed by atoms with E-state index in [1.807, 2.05) is 22.9 Å². The molecule has 1 aliphatic heterocycles. The molecule has 0 unspecified atom stereocenters. The Morgan fingerprint density at radius 1 is 0.967 bits per heavy atom. The van der Waals surface area contributed by atoms with Crippen molar-refractivity contribution in [3.63, 3.8) is 0 Å². The molecule has 0 aliphatic carbocycles. The summed E-state index contributed by atoms with van der Waals surface area (Å²) in [5, 5.41) is 2.82. The number of nitrogens with zero attached hydrogens (tertiary/aromatic N) is 3. The topological polar surface area (TPSA) is 84.3 Å². The molecule has 8 heteroatoms. The summed E-state index contributed by atoms with van der Waals surface area (Å²) in [7, 11) is -3.47. The SMILES string of the molecule is O=C(Nc1ccc(S(=O)(=O)N2CCCCC2)cc1)c1ccc(Cn2ccnc2)cc1. The number of carbonyl (C=O) groups excluding carboxylic acids is 1. The minimum Gasteiger partial charge on any atom is -0.333 e. The summed E-state index contributed by atoms with van der Waals surface area (Å²) in [6.45, 7) is 1.82. The lowest BCUT2D eigenvalue weighted by molar-refractivity contribution is 0.102. The van der Waals surface area contributed by atoms with Crippen LogP contribution in [0.15, 0.2) is 72.1 Å². The molecule has 1 amide bonds. The first kappa shape index (κ1) is 20.3. The van der Waals surface area contributed by atoms with Crippen molar-refractivity contribution in [2.24, 2.45) is 0 Å². The molecule has 0 atom stereocenters. The third kappa shape index (κ3) is 4.60. The highest BCUT2D eigenvalue weighted by Gasteiger charge is 2.25. The molecule has 1 aliphatic rings. The van der Waals surface area contributed by atoms with Gasteiger partial charge < -0.3 is 9.88 Å². The van der Waals surface area contributed by atoms with E-state index in [1.54, 1.807) is 48.9 Å². The fraction of sp³-hybridized carbons (Fsp3) is 0.273. The van der Waals surface area contributed by atoms with Gasteiger partial charge in [0.05, 0.1) is 11.2 Å². The summed E-state index contributed by atoms with van der Waals surface area (Å²) < 4.78 is 28.9. The molecule has 0 saturated carbocycles. The number of amides is 1. The normalized spacial score (nSPS) is 15.1. The van der Waals surface area contributed by atoms with E-state index in [0.29, 0.717) is 30.9 Å². The monoisotopic (exact) mass is 424 g/mol. The standard InChI is InChI=1S/C22H24N4O3S/c27-22(19-6-4-18(5-7-19)16-25-15-12-23-17-25)24-20-8-10-21(11-9-20)30(28,29)26-13-2-1-3-14-26/h4-12,15,17H,1-3,13-14,16H2,(H,24,27). The number of rotatable bonds is 6. The number of imidazole rings is 1. The second-order valence-electron chi connectivity index (χ2n) is 7.38. The number of anilines is 1. The molecular formula is C22H24N4O3S. The second kappa shape index (κ2) is 8.81. The number of carbonyl (C=O) groups is 1. The maximum Gasteiger partial charge on any atom is 0.255 e. The first-order chi connectivity index (χ1) is 14.5. The summed E-state index contributed by atoms with van der Waals surface area (Å²) in [4.78, 5) is 16.8. The van der Waals surface area contributed by atoms with Gasteiger partial charge in [-0.1, -0.05) is 18.6 Å². The minimum absolute atomic E-state index is 0.240. The number of hydrogen-bond donors (Lipinski definition) is 1. The Kier molecular flexibility index (Phi) is 5.96. The predicted molar refractivity (Wildman–Crippen MR) is 115 cm³/mol. The van der Waals surface area contributed by atoms with Crippen molar-refractivity contribution in [1.82, 2.24) is 13.9 Å². The first-order valence-electron chi connectivity index (χ1n) is 9.99. The lowest BCUT2D eigenvalue weighted by Crippen LogP contribution is -2.35. The van der Waals surface area contributed by atoms with Crippen molar-refractivity contribution >= 4 is 21.6 Å². The van der Waals surface area contributed by atoms with Gasteiger partial charge in [-0.15, -0.1) is 0 Å². The fourth-order valence-corrected chi connectivity index (χ4v) is 5.04. The molecule has 1 aromatic heterocycles. The Balaban J connectivity index is 1.39. The molecular weight excluding hydrogens is 400 g/mol. The molecule has 1 fully saturated rings. The van der Waals surface area contributed by atoms with Crippen LogP contribution in [-0.2, 0) is 16.6 Å². The second-order valence-corrected chi connectivity index (χ2v) is 9.31. The van der Waals surface area contributed by atoms with E-state index in [2.05, 4.69) is 10.3 Å². The van der Waals surface area contributed by atoms with Crippen molar-refractivity contribution < 1.29 is 13.2 Å². The average Bonchev–Trinajstić information content (AvgIpc) is 3.28. The van der Waals surface area contributed by atoms with E-state index < -0.39 is 10.0 Å². The minimum atomic E-state index is -3.47. The summed E-state index contributed by atoms with van der Waals surface area (Å²) in [5.74, 6) is -0.240. The Bertz CT molecular complexity index is 1090. The van der Waals surface area contributed by atoms with Crippen LogP contribution in [0, 0.1) is 0 Å². The third-order valence-electron chi connectivity index (χ3n) is 5.21. The predicted octanol–water partition coefficient (Wildman–Crippen LogP) is 3.36. The van der Waals surface area contributed by atoms with Gasteiger partial charge in [0.1, 0.15) is 0 Å². The van der Waals surface area contributed by atoms with Crippen LogP contribution in [0.3, 0.4) is 0 Å². The number of benzene rings is 2. The highest BCUT2D eigenvalue weighted by Crippen LogP contribution is 2.22. The first-order valence-corrected chi connectivity index (χ1v) is 11.4. The zero-order valence-electron chi connectivity index (χ0n) is 16.6. The highest BCUT2D eigenvalue weighted by molar-refractivity contribution is 7.89. The van der Waals surface area contributed by atoms with Gasteiger partial charge in [0.15, 0.2) is 0 Å². The van der Waals surface area contributed by atoms with Crippen LogP contribution >= 0.6 is 0 Å². The van der Waals surface area contributed by atoms with Crippen LogP contribution in [0.25, 0.3) is 0 Å². The lowest BCUT2D eigenvalue weighted by Gasteiger charge is -2.25. The van der Waals surface area contributed by atoms with Crippen LogP contribution in [0.5, 0.6) is 0 Å². The Labute approximate surface area is 176 Å². The number of nitrogens with one attached hydrogen (secondary N) is 1. The van der Waals surface area contributed by atoms with Crippen LogP contribution in [0.4, 0.5) is 5.69 Å². The van der Waals surface area contributed by atoms with Gasteiger partial charge in [-0.3, -0.25) is 4.79 Å². The third-order valence-corrected chi connectivity index (χ3v) is 7.12. The van der Waals surface area contributed by atoms with E-state index in [-0.39, 0.29) is 10.8 Å². The van der Waals surface area contributed by atoms with Gasteiger partial charge >= 0.3 is 0 Å². The zero-order chi connectivity index (χ0) is 21.0. The van der Waals surface area contributed by atoms with E-state index in [4.69, 9.17) is 0 Å². The number of hydrogen-bond acceptors (Lipinski definition) is 4. The number of aromatic nitrogens is 2. The van der Waals surface area contributed by atoms with Gasteiger partial charge in [-0.25, -0.2) is 13.4 Å². The van der Waals surface area contributed by atoms with Gasteiger partial charge in [0, 0.05) is 43.3 Å². The Hall–Kier alpha value is -2.97. The van der Waals surface area contributed by atoms with Crippen molar-refractivity contribution in [2.45, 2.75) is 30.7 Å².